The van der Waals surface area contributed by atoms with E-state index in [1.165, 1.54) is 0 Å². The molecule has 0 aliphatic carbocycles. The Hall–Kier alpha value is -1.73. The van der Waals surface area contributed by atoms with Crippen molar-refractivity contribution in [1.82, 2.24) is 15.0 Å². The molecule has 112 valence electrons. The summed E-state index contributed by atoms with van der Waals surface area (Å²) >= 11 is 1.67. The van der Waals surface area contributed by atoms with E-state index >= 15 is 0 Å². The summed E-state index contributed by atoms with van der Waals surface area (Å²) in [5.41, 5.74) is 0. The summed E-state index contributed by atoms with van der Waals surface area (Å²) < 4.78 is 0. The van der Waals surface area contributed by atoms with Crippen molar-refractivity contribution in [3.05, 3.63) is 29.0 Å². The molecule has 1 saturated heterocycles. The Bertz CT molecular complexity index is 562. The average molecular weight is 305 g/mol. The molecule has 0 bridgehead atoms. The summed E-state index contributed by atoms with van der Waals surface area (Å²) in [4.78, 5) is 15.0. The second-order valence-corrected chi connectivity index (χ2v) is 6.02. The summed E-state index contributed by atoms with van der Waals surface area (Å²) in [5, 5.41) is 15.8. The fraction of sp³-hybridized carbons (Fsp3) is 0.500. The van der Waals surface area contributed by atoms with Crippen LogP contribution in [-0.4, -0.2) is 45.8 Å². The summed E-state index contributed by atoms with van der Waals surface area (Å²) in [6, 6.07) is 2.14. The maximum Gasteiger partial charge on any atom is 0.134 e. The molecule has 0 spiro atoms. The SMILES string of the molecule is OC[C@H]1CCCN1c1cc(NCCc2nccs2)ncn1. The van der Waals surface area contributed by atoms with Crippen LogP contribution in [0.25, 0.3) is 0 Å². The smallest absolute Gasteiger partial charge is 0.134 e. The van der Waals surface area contributed by atoms with Crippen LogP contribution >= 0.6 is 11.3 Å². The standard InChI is InChI=1S/C14H19N5OS/c20-9-11-2-1-6-19(11)13-8-12(17-10-18-13)15-4-3-14-16-5-7-21-14/h5,7-8,10-11,20H,1-4,6,9H2,(H,15,17,18)/t11-/m1/s1. The molecule has 1 fully saturated rings. The van der Waals surface area contributed by atoms with Gasteiger partial charge in [-0.1, -0.05) is 0 Å². The predicted octanol–water partition coefficient (Wildman–Crippen LogP) is 1.55. The van der Waals surface area contributed by atoms with Crippen LogP contribution in [0.4, 0.5) is 11.6 Å². The van der Waals surface area contributed by atoms with E-state index in [9.17, 15) is 5.11 Å². The van der Waals surface area contributed by atoms with Gasteiger partial charge in [-0.15, -0.1) is 11.3 Å². The first-order valence-corrected chi connectivity index (χ1v) is 8.06. The maximum absolute atomic E-state index is 9.41. The molecule has 1 aliphatic rings. The number of aliphatic hydroxyl groups is 1. The molecule has 0 unspecified atom stereocenters. The van der Waals surface area contributed by atoms with Crippen LogP contribution in [0.5, 0.6) is 0 Å². The highest BCUT2D eigenvalue weighted by Crippen LogP contribution is 2.24. The van der Waals surface area contributed by atoms with Crippen molar-refractivity contribution in [2.45, 2.75) is 25.3 Å². The van der Waals surface area contributed by atoms with E-state index in [2.05, 4.69) is 25.2 Å². The lowest BCUT2D eigenvalue weighted by atomic mass is 10.2. The van der Waals surface area contributed by atoms with Gasteiger partial charge >= 0.3 is 0 Å². The topological polar surface area (TPSA) is 74.2 Å². The van der Waals surface area contributed by atoms with Crippen LogP contribution in [0.3, 0.4) is 0 Å². The molecule has 2 aromatic rings. The Morgan fingerprint density at radius 2 is 2.33 bits per heavy atom. The summed E-state index contributed by atoms with van der Waals surface area (Å²) in [7, 11) is 0. The lowest BCUT2D eigenvalue weighted by molar-refractivity contribution is 0.266. The molecule has 0 saturated carbocycles. The molecular formula is C14H19N5OS. The molecule has 2 aromatic heterocycles. The fourth-order valence-electron chi connectivity index (χ4n) is 2.60. The first kappa shape index (κ1) is 14.2. The van der Waals surface area contributed by atoms with Gasteiger partial charge in [0.05, 0.1) is 17.7 Å². The highest BCUT2D eigenvalue weighted by atomic mass is 32.1. The fourth-order valence-corrected chi connectivity index (χ4v) is 3.22. The Kier molecular flexibility index (Phi) is 4.62. The van der Waals surface area contributed by atoms with Gasteiger partial charge in [-0.25, -0.2) is 15.0 Å². The molecule has 0 amide bonds. The van der Waals surface area contributed by atoms with E-state index in [0.717, 1.165) is 49.0 Å². The first-order valence-electron chi connectivity index (χ1n) is 7.18. The summed E-state index contributed by atoms with van der Waals surface area (Å²) in [5.74, 6) is 1.71. The number of nitrogens with zero attached hydrogens (tertiary/aromatic N) is 4. The third-order valence-corrected chi connectivity index (χ3v) is 4.50. The van der Waals surface area contributed by atoms with Crippen LogP contribution in [-0.2, 0) is 6.42 Å². The summed E-state index contributed by atoms with van der Waals surface area (Å²) in [6.45, 7) is 1.92. The van der Waals surface area contributed by atoms with E-state index in [-0.39, 0.29) is 12.6 Å². The molecule has 0 aromatic carbocycles. The zero-order chi connectivity index (χ0) is 14.5. The van der Waals surface area contributed by atoms with Crippen LogP contribution in [0.15, 0.2) is 24.0 Å². The highest BCUT2D eigenvalue weighted by Gasteiger charge is 2.25. The monoisotopic (exact) mass is 305 g/mol. The molecule has 21 heavy (non-hydrogen) atoms. The Morgan fingerprint density at radius 3 is 3.14 bits per heavy atom. The molecule has 6 nitrogen and oxygen atoms in total. The normalized spacial score (nSPS) is 18.1. The molecule has 7 heteroatoms. The minimum absolute atomic E-state index is 0.177. The van der Waals surface area contributed by atoms with E-state index in [1.807, 2.05) is 17.6 Å². The largest absolute Gasteiger partial charge is 0.394 e. The lowest BCUT2D eigenvalue weighted by Gasteiger charge is -2.24. The van der Waals surface area contributed by atoms with Crippen molar-refractivity contribution in [2.75, 3.05) is 29.9 Å². The van der Waals surface area contributed by atoms with E-state index < -0.39 is 0 Å². The third kappa shape index (κ3) is 3.48. The number of hydrogen-bond acceptors (Lipinski definition) is 7. The Labute approximate surface area is 127 Å². The second-order valence-electron chi connectivity index (χ2n) is 5.04. The zero-order valence-electron chi connectivity index (χ0n) is 11.8. The van der Waals surface area contributed by atoms with Gasteiger partial charge in [-0.2, -0.15) is 0 Å². The van der Waals surface area contributed by atoms with Gasteiger partial charge in [0, 0.05) is 37.2 Å². The van der Waals surface area contributed by atoms with Gasteiger partial charge in [0.1, 0.15) is 18.0 Å². The maximum atomic E-state index is 9.41. The average Bonchev–Trinajstić information content (AvgIpc) is 3.18. The molecule has 3 rings (SSSR count). The van der Waals surface area contributed by atoms with Crippen LogP contribution in [0.2, 0.25) is 0 Å². The molecule has 0 radical (unpaired) electrons. The zero-order valence-corrected chi connectivity index (χ0v) is 12.6. The number of thiazole rings is 1. The van der Waals surface area contributed by atoms with E-state index in [1.54, 1.807) is 17.7 Å². The molecular weight excluding hydrogens is 286 g/mol. The van der Waals surface area contributed by atoms with E-state index in [0.29, 0.717) is 0 Å². The van der Waals surface area contributed by atoms with Gasteiger partial charge in [0.15, 0.2) is 0 Å². The van der Waals surface area contributed by atoms with Gasteiger partial charge < -0.3 is 15.3 Å². The highest BCUT2D eigenvalue weighted by molar-refractivity contribution is 7.09. The van der Waals surface area contributed by atoms with Crippen molar-refractivity contribution >= 4 is 23.0 Å². The van der Waals surface area contributed by atoms with Gasteiger partial charge in [-0.05, 0) is 12.8 Å². The number of nitrogens with one attached hydrogen (secondary N) is 1. The molecule has 1 atom stereocenters. The third-order valence-electron chi connectivity index (χ3n) is 3.66. The van der Waals surface area contributed by atoms with Crippen LogP contribution < -0.4 is 10.2 Å². The quantitative estimate of drug-likeness (QED) is 0.843. The van der Waals surface area contributed by atoms with Gasteiger partial charge in [0.25, 0.3) is 0 Å². The lowest BCUT2D eigenvalue weighted by Crippen LogP contribution is -2.32. The van der Waals surface area contributed by atoms with Crippen molar-refractivity contribution in [3.8, 4) is 0 Å². The molecule has 1 aliphatic heterocycles. The predicted molar refractivity (Wildman–Crippen MR) is 83.8 cm³/mol. The number of rotatable bonds is 6. The number of aromatic nitrogens is 3. The minimum atomic E-state index is 0.177. The van der Waals surface area contributed by atoms with E-state index in [4.69, 9.17) is 0 Å². The van der Waals surface area contributed by atoms with Crippen molar-refractivity contribution in [2.24, 2.45) is 0 Å². The Morgan fingerprint density at radius 1 is 1.38 bits per heavy atom. The Balaban J connectivity index is 1.60. The second kappa shape index (κ2) is 6.82. The van der Waals surface area contributed by atoms with Crippen LogP contribution in [0, 0.1) is 0 Å². The van der Waals surface area contributed by atoms with Gasteiger partial charge in [0.2, 0.25) is 0 Å². The minimum Gasteiger partial charge on any atom is -0.394 e. The summed E-state index contributed by atoms with van der Waals surface area (Å²) in [6.07, 6.45) is 6.41. The van der Waals surface area contributed by atoms with Crippen LogP contribution in [0.1, 0.15) is 17.8 Å². The van der Waals surface area contributed by atoms with Crippen molar-refractivity contribution < 1.29 is 5.11 Å². The number of aliphatic hydroxyl groups excluding tert-OH is 1. The van der Waals surface area contributed by atoms with Gasteiger partial charge in [-0.3, -0.25) is 0 Å². The first-order chi connectivity index (χ1) is 10.4. The molecule has 2 N–H and O–H groups in total. The number of hydrogen-bond donors (Lipinski definition) is 2. The number of anilines is 2. The molecule has 3 heterocycles. The van der Waals surface area contributed by atoms with Crippen molar-refractivity contribution in [1.29, 1.82) is 0 Å². The van der Waals surface area contributed by atoms with Crippen molar-refractivity contribution in [3.63, 3.8) is 0 Å².